The van der Waals surface area contributed by atoms with Gasteiger partial charge in [0.15, 0.2) is 0 Å². The van der Waals surface area contributed by atoms with E-state index in [0.29, 0.717) is 6.04 Å². The molecule has 0 aromatic carbocycles. The molecule has 22 heavy (non-hydrogen) atoms. The van der Waals surface area contributed by atoms with Gasteiger partial charge in [-0.3, -0.25) is 0 Å². The van der Waals surface area contributed by atoms with Crippen LogP contribution in [0, 0.1) is 6.42 Å². The van der Waals surface area contributed by atoms with E-state index < -0.39 is 0 Å². The molecular weight excluding hydrogens is 774 g/mol. The van der Waals surface area contributed by atoms with E-state index in [1.165, 1.54) is 0 Å². The molecule has 4 unspecified atom stereocenters. The smallest absolute Gasteiger partial charge is 0.141 e. The summed E-state index contributed by atoms with van der Waals surface area (Å²) in [7, 11) is 3.41. The molecule has 0 aromatic heterocycles. The number of nitrogens with two attached hydrogens (primary N) is 1. The van der Waals surface area contributed by atoms with E-state index in [0.717, 1.165) is 38.5 Å². The molecule has 0 radical (unpaired) electrons. The van der Waals surface area contributed by atoms with E-state index in [2.05, 4.69) is 21.8 Å². The van der Waals surface area contributed by atoms with E-state index in [-0.39, 0.29) is 24.3 Å². The number of hydrogen-bond donors (Lipinski definition) is 1. The quantitative estimate of drug-likeness (QED) is 0.337. The second-order valence-corrected chi connectivity index (χ2v) is 5.63. The molecule has 2 N–H and O–H groups in total. The maximum absolute atomic E-state index is 5.54. The van der Waals surface area contributed by atoms with Crippen molar-refractivity contribution < 1.29 is 15.0 Å². The number of methoxy groups -OCH3 is 2. The summed E-state index contributed by atoms with van der Waals surface area (Å²) in [5.41, 5.74) is 5.45. The summed E-state index contributed by atoms with van der Waals surface area (Å²) >= 11 is 0. The van der Waals surface area contributed by atoms with Crippen molar-refractivity contribution in [2.24, 2.45) is 15.3 Å². The van der Waals surface area contributed by atoms with E-state index in [1.54, 1.807) is 14.2 Å². The minimum Gasteiger partial charge on any atom is -0.379 e. The Balaban J connectivity index is 0.00000220. The molecule has 0 aromatic rings. The Morgan fingerprint density at radius 3 is 2.00 bits per heavy atom. The average molecular weight is 800 g/mol. The van der Waals surface area contributed by atoms with Crippen LogP contribution < -0.4 is 5.53 Å². The van der Waals surface area contributed by atoms with Gasteiger partial charge in [-0.2, -0.15) is 28.6 Å². The zero-order chi connectivity index (χ0) is 14.4. The second kappa shape index (κ2) is 9.13. The molecule has 2 aliphatic carbocycles. The van der Waals surface area contributed by atoms with Crippen LogP contribution >= 0.6 is 0 Å². The summed E-state index contributed by atoms with van der Waals surface area (Å²) in [6.07, 6.45) is 8.40. The summed E-state index contributed by atoms with van der Waals surface area (Å²) in [6, 6.07) is 0.407. The van der Waals surface area contributed by atoms with Gasteiger partial charge < -0.3 is 15.9 Å². The van der Waals surface area contributed by atoms with Crippen LogP contribution in [0.5, 0.6) is 0 Å². The summed E-state index contributed by atoms with van der Waals surface area (Å²) in [5, 5.41) is 13.0. The van der Waals surface area contributed by atoms with E-state index >= 15 is 0 Å². The third kappa shape index (κ3) is 4.31. The molecule has 0 heterocycles. The third-order valence-corrected chi connectivity index (χ3v) is 4.39. The summed E-state index contributed by atoms with van der Waals surface area (Å²) in [6.45, 7) is 0. The van der Waals surface area contributed by atoms with Gasteiger partial charge in [0, 0.05) is 27.1 Å². The summed E-state index contributed by atoms with van der Waals surface area (Å²) in [5.74, 6) is 0. The minimum absolute atomic E-state index is 0. The van der Waals surface area contributed by atoms with Gasteiger partial charge in [-0.1, -0.05) is 12.8 Å². The summed E-state index contributed by atoms with van der Waals surface area (Å²) in [4.78, 5) is 0. The first-order chi connectivity index (χ1) is 9.78. The Bertz CT molecular complexity index is 341. The van der Waals surface area contributed by atoms with Crippen LogP contribution in [0.15, 0.2) is 15.3 Å². The average Bonchev–Trinajstić information content (AvgIpc) is 2.52. The molecule has 0 bridgehead atoms. The van der Waals surface area contributed by atoms with Gasteiger partial charge in [-0.05, 0) is 5.11 Å². The van der Waals surface area contributed by atoms with Crippen LogP contribution in [0.25, 0.3) is 0 Å². The van der Waals surface area contributed by atoms with Crippen molar-refractivity contribution in [3.63, 3.8) is 0 Å². The molecule has 0 aliphatic heterocycles. The molecule has 2 rings (SSSR count). The molecule has 2 aliphatic rings. The fourth-order valence-corrected chi connectivity index (χ4v) is 3.08. The van der Waals surface area contributed by atoms with Gasteiger partial charge in [0.25, 0.3) is 0 Å². The van der Waals surface area contributed by atoms with Crippen molar-refractivity contribution in [2.75, 3.05) is 14.2 Å². The summed E-state index contributed by atoms with van der Waals surface area (Å²) < 4.78 is 11.0. The first-order valence-electron chi connectivity index (χ1n) is 7.45. The predicted octanol–water partition coefficient (Wildman–Crippen LogP) is 1.36. The van der Waals surface area contributed by atoms with E-state index in [9.17, 15) is 0 Å². The van der Waals surface area contributed by atoms with Crippen molar-refractivity contribution >= 4 is 0 Å². The number of azo groups is 1. The van der Waals surface area contributed by atoms with Crippen molar-refractivity contribution in [1.82, 2.24) is 0 Å². The van der Waals surface area contributed by atoms with Crippen LogP contribution in [0.3, 0.4) is 0 Å². The molecule has 0 spiro atoms. The SMILES string of the molecule is COC1CC(N=NC2CC[CH-]CC2)C(OC)CC1N=[NH2+].[No].[No]. The molecule has 8 heteroatoms. The molecular formula is C14H26N4No2O2. The number of rotatable bonds is 5. The molecule has 2 saturated carbocycles. The van der Waals surface area contributed by atoms with Crippen molar-refractivity contribution in [3.05, 3.63) is 6.42 Å². The van der Waals surface area contributed by atoms with Gasteiger partial charge in [-0.25, -0.2) is 0 Å². The molecule has 2 fully saturated rings. The minimum atomic E-state index is -0.0133. The number of hydrogen-bond acceptors (Lipinski definition) is 5. The fraction of sp³-hybridized carbons (Fsp3) is 0.929. The Hall–Kier alpha value is -2.88. The van der Waals surface area contributed by atoms with Gasteiger partial charge in [-0.15, -0.1) is 0 Å². The zero-order valence-electron chi connectivity index (χ0n) is 13.0. The van der Waals surface area contributed by atoms with Gasteiger partial charge in [0.05, 0.1) is 24.3 Å². The van der Waals surface area contributed by atoms with Crippen LogP contribution in [-0.2, 0) is 9.47 Å². The first-order valence-corrected chi connectivity index (χ1v) is 7.45. The van der Waals surface area contributed by atoms with E-state index in [1.807, 2.05) is 0 Å². The Morgan fingerprint density at radius 1 is 0.909 bits per heavy atom. The molecule has 4 atom stereocenters. The van der Waals surface area contributed by atoms with E-state index in [4.69, 9.17) is 15.0 Å². The van der Waals surface area contributed by atoms with Crippen LogP contribution in [0.1, 0.15) is 38.5 Å². The normalized spacial score (nSPS) is 33.0. The third-order valence-electron chi connectivity index (χ3n) is 4.39. The molecule has 0 saturated heterocycles. The standard InChI is InChI=1S/C14H25N4O2.2No/c1-19-13-9-12(14(20-2)8-11(13)16-15)18-17-10-6-4-3-5-7-10;;/h3,10-15H,4-9H2,1-2H3;;/q-1;;/p+1. The molecule has 142 valence electrons. The fourth-order valence-electron chi connectivity index (χ4n) is 3.08. The molecule has 0 amide bonds. The number of nitrogens with zero attached hydrogens (tertiary/aromatic N) is 3. The van der Waals surface area contributed by atoms with Gasteiger partial charge in [0.1, 0.15) is 6.04 Å². The van der Waals surface area contributed by atoms with Gasteiger partial charge in [0.2, 0.25) is 0 Å². The topological polar surface area (TPSA) is 81.1 Å². The van der Waals surface area contributed by atoms with Crippen LogP contribution in [0.2, 0.25) is 0 Å². The monoisotopic (exact) mass is 800 g/mol. The zero-order valence-corrected chi connectivity index (χ0v) is 17.4. The van der Waals surface area contributed by atoms with Crippen molar-refractivity contribution in [3.8, 4) is 0 Å². The predicted molar refractivity (Wildman–Crippen MR) is 74.2 cm³/mol. The number of ether oxygens (including phenoxy) is 2. The first kappa shape index (κ1) is 19.1. The second-order valence-electron chi connectivity index (χ2n) is 5.63. The maximum atomic E-state index is 5.54. The largest absolute Gasteiger partial charge is 0.379 e. The maximum Gasteiger partial charge on any atom is 0.141 e. The van der Waals surface area contributed by atoms with Crippen molar-refractivity contribution in [1.29, 1.82) is 0 Å². The Kier molecular flexibility index (Phi) is 7.93. The van der Waals surface area contributed by atoms with Crippen LogP contribution in [0.4, 0.5) is 0 Å². The Labute approximate surface area is 120 Å². The van der Waals surface area contributed by atoms with Gasteiger partial charge >= 0.3 is 0 Å². The Morgan fingerprint density at radius 2 is 1.45 bits per heavy atom. The molecule has 6 nitrogen and oxygen atoms in total. The van der Waals surface area contributed by atoms with Crippen molar-refractivity contribution in [2.45, 2.75) is 68.9 Å². The van der Waals surface area contributed by atoms with Crippen LogP contribution in [-0.4, -0.2) is 44.6 Å².